The molecule has 0 fully saturated rings. The second-order valence-corrected chi connectivity index (χ2v) is 4.44. The zero-order valence-corrected chi connectivity index (χ0v) is 10.8. The van der Waals surface area contributed by atoms with Gasteiger partial charge in [0.2, 0.25) is 0 Å². The van der Waals surface area contributed by atoms with E-state index in [1.165, 1.54) is 11.1 Å². The molecule has 0 amide bonds. The Morgan fingerprint density at radius 2 is 1.33 bits per heavy atom. The molecule has 0 saturated heterocycles. The predicted molar refractivity (Wildman–Crippen MR) is 78.0 cm³/mol. The molecule has 0 aromatic heterocycles. The van der Waals surface area contributed by atoms with Crippen LogP contribution in [-0.2, 0) is 0 Å². The van der Waals surface area contributed by atoms with Crippen LogP contribution >= 0.6 is 0 Å². The molecule has 2 nitrogen and oxygen atoms in total. The third kappa shape index (κ3) is 3.04. The summed E-state index contributed by atoms with van der Waals surface area (Å²) >= 11 is 0. The van der Waals surface area contributed by atoms with Crippen molar-refractivity contribution in [3.63, 3.8) is 0 Å². The molecule has 0 unspecified atom stereocenters. The van der Waals surface area contributed by atoms with Crippen LogP contribution in [0.1, 0.15) is 0 Å². The summed E-state index contributed by atoms with van der Waals surface area (Å²) in [4.78, 5) is 4.46. The van der Waals surface area contributed by atoms with Crippen LogP contribution in [0, 0.1) is 0 Å². The molecule has 0 aliphatic carbocycles. The van der Waals surface area contributed by atoms with Gasteiger partial charge in [-0.3, -0.25) is 0 Å². The monoisotopic (exact) mass is 240 g/mol. The van der Waals surface area contributed by atoms with Gasteiger partial charge in [-0.15, -0.1) is 13.2 Å². The summed E-state index contributed by atoms with van der Waals surface area (Å²) in [6.07, 6.45) is 17.0. The topological polar surface area (TPSA) is 6.48 Å². The van der Waals surface area contributed by atoms with Crippen LogP contribution < -0.4 is 0 Å². The minimum Gasteiger partial charge on any atom is -0.370 e. The Bertz CT molecular complexity index is 396. The van der Waals surface area contributed by atoms with Crippen molar-refractivity contribution < 1.29 is 0 Å². The molecule has 0 aromatic carbocycles. The van der Waals surface area contributed by atoms with E-state index in [0.29, 0.717) is 0 Å². The van der Waals surface area contributed by atoms with Crippen molar-refractivity contribution in [2.45, 2.75) is 0 Å². The van der Waals surface area contributed by atoms with Crippen LogP contribution in [0.15, 0.2) is 73.2 Å². The van der Waals surface area contributed by atoms with Crippen LogP contribution in [0.2, 0.25) is 0 Å². The molecule has 2 aliphatic rings. The zero-order chi connectivity index (χ0) is 12.8. The van der Waals surface area contributed by atoms with Gasteiger partial charge in [-0.25, -0.2) is 0 Å². The van der Waals surface area contributed by atoms with Crippen LogP contribution in [0.4, 0.5) is 0 Å². The predicted octanol–water partition coefficient (Wildman–Crippen LogP) is 2.87. The molecule has 0 radical (unpaired) electrons. The normalized spacial score (nSPS) is 18.4. The first-order valence-electron chi connectivity index (χ1n) is 6.30. The lowest BCUT2D eigenvalue weighted by Crippen LogP contribution is -2.22. The summed E-state index contributed by atoms with van der Waals surface area (Å²) in [5, 5.41) is 0. The molecule has 2 heterocycles. The fourth-order valence-electron chi connectivity index (χ4n) is 2.09. The highest BCUT2D eigenvalue weighted by molar-refractivity contribution is 5.48. The third-order valence-electron chi connectivity index (χ3n) is 3.08. The summed E-state index contributed by atoms with van der Waals surface area (Å²) in [7, 11) is 0. The van der Waals surface area contributed by atoms with Crippen LogP contribution in [0.3, 0.4) is 0 Å². The summed E-state index contributed by atoms with van der Waals surface area (Å²) in [5.74, 6) is 0. The summed E-state index contributed by atoms with van der Waals surface area (Å²) < 4.78 is 0. The number of allylic oxidation sites excluding steroid dienone is 4. The van der Waals surface area contributed by atoms with Gasteiger partial charge in [0.1, 0.15) is 0 Å². The maximum absolute atomic E-state index is 3.76. The maximum Gasteiger partial charge on any atom is 0.0366 e. The van der Waals surface area contributed by atoms with Gasteiger partial charge < -0.3 is 9.80 Å². The van der Waals surface area contributed by atoms with Crippen molar-refractivity contribution >= 4 is 0 Å². The molecule has 2 rings (SSSR count). The Kier molecular flexibility index (Phi) is 4.24. The lowest BCUT2D eigenvalue weighted by atomic mass is 10.0. The Labute approximate surface area is 110 Å². The maximum atomic E-state index is 3.76. The SMILES string of the molecule is C=CCN1C=CC(C2=CCN(CC=C)C=C2)=CC1. The summed E-state index contributed by atoms with van der Waals surface area (Å²) in [6, 6.07) is 0. The molecule has 0 N–H and O–H groups in total. The number of nitrogens with zero attached hydrogens (tertiary/aromatic N) is 2. The van der Waals surface area contributed by atoms with Gasteiger partial charge in [0.25, 0.3) is 0 Å². The molecular weight excluding hydrogens is 220 g/mol. The lowest BCUT2D eigenvalue weighted by molar-refractivity contribution is 0.452. The van der Waals surface area contributed by atoms with E-state index >= 15 is 0 Å². The van der Waals surface area contributed by atoms with Gasteiger partial charge in [0.05, 0.1) is 0 Å². The van der Waals surface area contributed by atoms with Crippen molar-refractivity contribution in [2.24, 2.45) is 0 Å². The quantitative estimate of drug-likeness (QED) is 0.682. The first-order chi connectivity index (χ1) is 8.83. The standard InChI is InChI=1S/C16H20N2/c1-3-9-17-11-5-15(6-12-17)16-7-13-18(10-4-2)14-8-16/h3-8,11,13H,1-2,9-10,12,14H2. The molecule has 0 saturated carbocycles. The van der Waals surface area contributed by atoms with E-state index in [0.717, 1.165) is 26.2 Å². The van der Waals surface area contributed by atoms with Gasteiger partial charge >= 0.3 is 0 Å². The highest BCUT2D eigenvalue weighted by atomic mass is 15.1. The molecule has 0 spiro atoms. The smallest absolute Gasteiger partial charge is 0.0366 e. The fourth-order valence-corrected chi connectivity index (χ4v) is 2.09. The Balaban J connectivity index is 1.95. The summed E-state index contributed by atoms with van der Waals surface area (Å²) in [5.41, 5.74) is 2.62. The second-order valence-electron chi connectivity index (χ2n) is 4.44. The molecule has 2 aliphatic heterocycles. The molecular formula is C16H20N2. The first-order valence-corrected chi connectivity index (χ1v) is 6.30. The molecule has 0 bridgehead atoms. The van der Waals surface area contributed by atoms with Crippen molar-refractivity contribution in [1.29, 1.82) is 0 Å². The van der Waals surface area contributed by atoms with Crippen LogP contribution in [-0.4, -0.2) is 36.0 Å². The van der Waals surface area contributed by atoms with E-state index in [-0.39, 0.29) is 0 Å². The molecule has 94 valence electrons. The number of hydrogen-bond acceptors (Lipinski definition) is 2. The second kappa shape index (κ2) is 6.10. The van der Waals surface area contributed by atoms with E-state index in [2.05, 4.69) is 59.7 Å². The average molecular weight is 240 g/mol. The Morgan fingerprint density at radius 1 is 0.889 bits per heavy atom. The molecule has 2 heteroatoms. The highest BCUT2D eigenvalue weighted by Crippen LogP contribution is 2.20. The van der Waals surface area contributed by atoms with Crippen LogP contribution in [0.5, 0.6) is 0 Å². The van der Waals surface area contributed by atoms with E-state index in [1.54, 1.807) is 0 Å². The van der Waals surface area contributed by atoms with Crippen LogP contribution in [0.25, 0.3) is 0 Å². The zero-order valence-electron chi connectivity index (χ0n) is 10.8. The van der Waals surface area contributed by atoms with E-state index in [9.17, 15) is 0 Å². The van der Waals surface area contributed by atoms with Gasteiger partial charge in [0.15, 0.2) is 0 Å². The number of rotatable bonds is 5. The van der Waals surface area contributed by atoms with Gasteiger partial charge in [-0.05, 0) is 23.3 Å². The van der Waals surface area contributed by atoms with Gasteiger partial charge in [-0.1, -0.05) is 24.3 Å². The van der Waals surface area contributed by atoms with Gasteiger partial charge in [0, 0.05) is 38.6 Å². The Morgan fingerprint density at radius 3 is 1.61 bits per heavy atom. The first kappa shape index (κ1) is 12.5. The van der Waals surface area contributed by atoms with Crippen molar-refractivity contribution in [2.75, 3.05) is 26.2 Å². The van der Waals surface area contributed by atoms with E-state index in [1.807, 2.05) is 12.2 Å². The third-order valence-corrected chi connectivity index (χ3v) is 3.08. The molecule has 0 atom stereocenters. The molecule has 0 aromatic rings. The highest BCUT2D eigenvalue weighted by Gasteiger charge is 2.09. The van der Waals surface area contributed by atoms with Crippen molar-refractivity contribution in [3.05, 3.63) is 73.2 Å². The largest absolute Gasteiger partial charge is 0.370 e. The van der Waals surface area contributed by atoms with Crippen molar-refractivity contribution in [1.82, 2.24) is 9.80 Å². The minimum absolute atomic E-state index is 0.905. The molecule has 18 heavy (non-hydrogen) atoms. The number of hydrogen-bond donors (Lipinski definition) is 0. The van der Waals surface area contributed by atoms with E-state index in [4.69, 9.17) is 0 Å². The lowest BCUT2D eigenvalue weighted by Gasteiger charge is -2.24. The van der Waals surface area contributed by atoms with Crippen molar-refractivity contribution in [3.8, 4) is 0 Å². The minimum atomic E-state index is 0.905. The Hall–Kier alpha value is -1.96. The summed E-state index contributed by atoms with van der Waals surface area (Å²) in [6.45, 7) is 11.2. The average Bonchev–Trinajstić information content (AvgIpc) is 2.41. The van der Waals surface area contributed by atoms with E-state index < -0.39 is 0 Å². The fraction of sp³-hybridized carbons (Fsp3) is 0.250. The van der Waals surface area contributed by atoms with Gasteiger partial charge in [-0.2, -0.15) is 0 Å².